The van der Waals surface area contributed by atoms with Crippen LogP contribution < -0.4 is 4.74 Å². The van der Waals surface area contributed by atoms with Crippen molar-refractivity contribution in [1.29, 1.82) is 0 Å². The molecule has 0 aliphatic carbocycles. The highest BCUT2D eigenvalue weighted by Gasteiger charge is 2.32. The van der Waals surface area contributed by atoms with Gasteiger partial charge in [0.25, 0.3) is 0 Å². The Labute approximate surface area is 114 Å². The minimum atomic E-state index is -4.63. The average molecular weight is 409 g/mol. The number of alkyl halides is 4. The lowest BCUT2D eigenvalue weighted by Gasteiger charge is -2.14. The topological polar surface area (TPSA) is 9.23 Å². The Morgan fingerprint density at radius 1 is 1.31 bits per heavy atom. The van der Waals surface area contributed by atoms with Crippen molar-refractivity contribution < 1.29 is 17.9 Å². The predicted octanol–water partition coefficient (Wildman–Crippen LogP) is 4.52. The van der Waals surface area contributed by atoms with E-state index in [1.54, 1.807) is 18.2 Å². The minimum absolute atomic E-state index is 0.0726. The molecule has 0 amide bonds. The second kappa shape index (κ2) is 6.09. The molecule has 0 radical (unpaired) electrons. The maximum atomic E-state index is 12.2. The van der Waals surface area contributed by atoms with Gasteiger partial charge in [-0.2, -0.15) is 0 Å². The molecular weight excluding hydrogens is 400 g/mol. The van der Waals surface area contributed by atoms with E-state index in [-0.39, 0.29) is 5.75 Å². The van der Waals surface area contributed by atoms with E-state index in [1.807, 2.05) is 22.6 Å². The Balaban J connectivity index is 2.94. The Morgan fingerprint density at radius 3 is 2.56 bits per heavy atom. The van der Waals surface area contributed by atoms with Crippen LogP contribution in [0.5, 0.6) is 5.75 Å². The van der Waals surface area contributed by atoms with E-state index in [1.165, 1.54) is 0 Å². The van der Waals surface area contributed by atoms with Crippen LogP contribution >= 0.6 is 38.5 Å². The molecule has 0 saturated heterocycles. The molecule has 0 aliphatic rings. The van der Waals surface area contributed by atoms with Gasteiger partial charge in [0.1, 0.15) is 5.75 Å². The first-order valence-electron chi connectivity index (χ1n) is 4.53. The average Bonchev–Trinajstić information content (AvgIpc) is 2.17. The molecule has 0 bridgehead atoms. The lowest BCUT2D eigenvalue weighted by Crippen LogP contribution is -2.19. The molecule has 0 N–H and O–H groups in total. The van der Waals surface area contributed by atoms with E-state index >= 15 is 0 Å². The molecule has 0 aromatic heterocycles. The zero-order valence-corrected chi connectivity index (χ0v) is 11.9. The van der Waals surface area contributed by atoms with E-state index in [2.05, 4.69) is 20.7 Å². The fraction of sp³-hybridized carbons (Fsp3) is 0.400. The van der Waals surface area contributed by atoms with Gasteiger partial charge in [-0.3, -0.25) is 0 Å². The molecule has 1 nitrogen and oxygen atoms in total. The Kier molecular flexibility index (Phi) is 5.36. The summed E-state index contributed by atoms with van der Waals surface area (Å²) in [6.45, 7) is 0. The summed E-state index contributed by atoms with van der Waals surface area (Å²) in [4.78, 5) is 0. The van der Waals surface area contributed by atoms with Gasteiger partial charge in [0, 0.05) is 5.33 Å². The first kappa shape index (κ1) is 14.1. The van der Waals surface area contributed by atoms with Crippen molar-refractivity contribution in [2.75, 3.05) is 5.33 Å². The van der Waals surface area contributed by atoms with Gasteiger partial charge in [-0.05, 0) is 47.1 Å². The molecular formula is C10H9BrF3IO. The normalized spacial score (nSPS) is 11.6. The number of ether oxygens (including phenoxy) is 1. The molecule has 6 heteroatoms. The van der Waals surface area contributed by atoms with Crippen LogP contribution in [0.15, 0.2) is 18.2 Å². The molecule has 90 valence electrons. The second-order valence-electron chi connectivity index (χ2n) is 3.07. The third-order valence-electron chi connectivity index (χ3n) is 1.85. The lowest BCUT2D eigenvalue weighted by atomic mass is 10.1. The van der Waals surface area contributed by atoms with Crippen molar-refractivity contribution in [3.63, 3.8) is 0 Å². The second-order valence-corrected chi connectivity index (χ2v) is 5.02. The molecule has 0 saturated carbocycles. The van der Waals surface area contributed by atoms with Crippen LogP contribution in [0.4, 0.5) is 13.2 Å². The summed E-state index contributed by atoms with van der Waals surface area (Å²) >= 11 is 5.09. The van der Waals surface area contributed by atoms with Crippen LogP contribution in [-0.2, 0) is 6.42 Å². The largest absolute Gasteiger partial charge is 0.573 e. The molecule has 1 aromatic rings. The molecule has 1 aromatic carbocycles. The number of benzene rings is 1. The van der Waals surface area contributed by atoms with Gasteiger partial charge < -0.3 is 4.74 Å². The smallest absolute Gasteiger partial charge is 0.404 e. The standard InChI is InChI=1S/C10H9BrF3IO/c11-6-2-4-7-3-1-5-8(15)9(7)16-10(12,13)14/h1,3,5H,2,4,6H2. The molecule has 0 atom stereocenters. The summed E-state index contributed by atoms with van der Waals surface area (Å²) in [6, 6.07) is 4.99. The van der Waals surface area contributed by atoms with Crippen molar-refractivity contribution >= 4 is 38.5 Å². The molecule has 0 fully saturated rings. The summed E-state index contributed by atoms with van der Waals surface area (Å²) in [6.07, 6.45) is -3.30. The Hall–Kier alpha value is 0.0200. The summed E-state index contributed by atoms with van der Waals surface area (Å²) < 4.78 is 41.1. The summed E-state index contributed by atoms with van der Waals surface area (Å²) in [5.74, 6) is -0.0726. The third-order valence-corrected chi connectivity index (χ3v) is 3.26. The van der Waals surface area contributed by atoms with E-state index in [0.29, 0.717) is 15.6 Å². The maximum Gasteiger partial charge on any atom is 0.573 e. The zero-order chi connectivity index (χ0) is 12.2. The quantitative estimate of drug-likeness (QED) is 0.525. The zero-order valence-electron chi connectivity index (χ0n) is 8.15. The number of hydrogen-bond acceptors (Lipinski definition) is 1. The van der Waals surface area contributed by atoms with Crippen LogP contribution in [0.3, 0.4) is 0 Å². The van der Waals surface area contributed by atoms with Crippen molar-refractivity contribution in [3.05, 3.63) is 27.3 Å². The number of hydrogen-bond donors (Lipinski definition) is 0. The first-order chi connectivity index (χ1) is 7.44. The number of rotatable bonds is 4. The number of para-hydroxylation sites is 1. The van der Waals surface area contributed by atoms with Gasteiger partial charge in [-0.1, -0.05) is 28.1 Å². The maximum absolute atomic E-state index is 12.2. The highest BCUT2D eigenvalue weighted by atomic mass is 127. The SMILES string of the molecule is FC(F)(F)Oc1c(I)cccc1CCCBr. The van der Waals surface area contributed by atoms with Crippen molar-refractivity contribution in [3.8, 4) is 5.75 Å². The molecule has 0 spiro atoms. The monoisotopic (exact) mass is 408 g/mol. The minimum Gasteiger partial charge on any atom is -0.404 e. The third kappa shape index (κ3) is 4.48. The molecule has 16 heavy (non-hydrogen) atoms. The Bertz CT molecular complexity index is 354. The van der Waals surface area contributed by atoms with Crippen molar-refractivity contribution in [1.82, 2.24) is 0 Å². The van der Waals surface area contributed by atoms with E-state index in [4.69, 9.17) is 0 Å². The summed E-state index contributed by atoms with van der Waals surface area (Å²) in [5.41, 5.74) is 0.587. The van der Waals surface area contributed by atoms with Crippen LogP contribution in [-0.4, -0.2) is 11.7 Å². The molecule has 0 aliphatic heterocycles. The van der Waals surface area contributed by atoms with Gasteiger partial charge in [-0.15, -0.1) is 13.2 Å². The van der Waals surface area contributed by atoms with Crippen LogP contribution in [0.1, 0.15) is 12.0 Å². The molecule has 0 heterocycles. The highest BCUT2D eigenvalue weighted by Crippen LogP contribution is 2.31. The summed E-state index contributed by atoms with van der Waals surface area (Å²) in [7, 11) is 0. The van der Waals surface area contributed by atoms with E-state index < -0.39 is 6.36 Å². The molecule has 0 unspecified atom stereocenters. The van der Waals surface area contributed by atoms with Gasteiger partial charge >= 0.3 is 6.36 Å². The number of aryl methyl sites for hydroxylation is 1. The van der Waals surface area contributed by atoms with Gasteiger partial charge in [0.05, 0.1) is 3.57 Å². The summed E-state index contributed by atoms with van der Waals surface area (Å²) in [5, 5.41) is 0.754. The van der Waals surface area contributed by atoms with Crippen LogP contribution in [0, 0.1) is 3.57 Å². The van der Waals surface area contributed by atoms with Gasteiger partial charge in [0.2, 0.25) is 0 Å². The highest BCUT2D eigenvalue weighted by molar-refractivity contribution is 14.1. The van der Waals surface area contributed by atoms with E-state index in [0.717, 1.165) is 11.8 Å². The predicted molar refractivity (Wildman–Crippen MR) is 68.0 cm³/mol. The van der Waals surface area contributed by atoms with Crippen LogP contribution in [0.2, 0.25) is 0 Å². The van der Waals surface area contributed by atoms with Crippen molar-refractivity contribution in [2.45, 2.75) is 19.2 Å². The number of halogens is 5. The Morgan fingerprint density at radius 2 is 2.00 bits per heavy atom. The van der Waals surface area contributed by atoms with Gasteiger partial charge in [0.15, 0.2) is 0 Å². The molecule has 1 rings (SSSR count). The van der Waals surface area contributed by atoms with E-state index in [9.17, 15) is 13.2 Å². The lowest BCUT2D eigenvalue weighted by molar-refractivity contribution is -0.275. The fourth-order valence-corrected chi connectivity index (χ4v) is 2.18. The first-order valence-corrected chi connectivity index (χ1v) is 6.73. The van der Waals surface area contributed by atoms with Crippen LogP contribution in [0.25, 0.3) is 0 Å². The van der Waals surface area contributed by atoms with Crippen molar-refractivity contribution in [2.24, 2.45) is 0 Å². The fourth-order valence-electron chi connectivity index (χ4n) is 1.24. The van der Waals surface area contributed by atoms with Gasteiger partial charge in [-0.25, -0.2) is 0 Å².